The van der Waals surface area contributed by atoms with Crippen molar-refractivity contribution in [3.8, 4) is 17.0 Å². The molecule has 9 nitrogen and oxygen atoms in total. The minimum absolute atomic E-state index is 0.00533. The van der Waals surface area contributed by atoms with Crippen LogP contribution in [0.15, 0.2) is 41.6 Å². The Labute approximate surface area is 211 Å². The topological polar surface area (TPSA) is 105 Å². The number of fused-ring (bicyclic) bond motifs is 4. The highest BCUT2D eigenvalue weighted by Gasteiger charge is 2.54. The van der Waals surface area contributed by atoms with Crippen molar-refractivity contribution in [2.24, 2.45) is 0 Å². The van der Waals surface area contributed by atoms with Crippen molar-refractivity contribution in [2.75, 3.05) is 46.2 Å². The molecule has 0 unspecified atom stereocenters. The Bertz CT molecular complexity index is 1450. The zero-order valence-electron chi connectivity index (χ0n) is 21.0. The first-order chi connectivity index (χ1) is 17.2. The van der Waals surface area contributed by atoms with Gasteiger partial charge in [-0.25, -0.2) is 18.1 Å². The number of benzene rings is 1. The zero-order valence-corrected chi connectivity index (χ0v) is 21.9. The number of rotatable bonds is 8. The molecule has 1 spiro atoms. The molecule has 0 bridgehead atoms. The predicted octanol–water partition coefficient (Wildman–Crippen LogP) is 2.93. The maximum atomic E-state index is 13.1. The van der Waals surface area contributed by atoms with E-state index >= 15 is 0 Å². The first-order valence-electron chi connectivity index (χ1n) is 12.1. The molecule has 190 valence electrons. The number of carbonyl (C=O) groups is 1. The van der Waals surface area contributed by atoms with Crippen LogP contribution in [-0.2, 0) is 20.2 Å². The summed E-state index contributed by atoms with van der Waals surface area (Å²) in [6.45, 7) is 1.18. The lowest BCUT2D eigenvalue weighted by atomic mass is 9.64. The van der Waals surface area contributed by atoms with Crippen molar-refractivity contribution in [3.63, 3.8) is 0 Å². The van der Waals surface area contributed by atoms with Gasteiger partial charge in [-0.3, -0.25) is 9.78 Å². The summed E-state index contributed by atoms with van der Waals surface area (Å²) in [5.41, 5.74) is 3.65. The molecule has 2 aromatic heterocycles. The molecule has 0 saturated heterocycles. The molecule has 2 aliphatic rings. The van der Waals surface area contributed by atoms with Crippen molar-refractivity contribution in [2.45, 2.75) is 36.0 Å². The molecule has 36 heavy (non-hydrogen) atoms. The van der Waals surface area contributed by atoms with Gasteiger partial charge < -0.3 is 14.5 Å². The summed E-state index contributed by atoms with van der Waals surface area (Å²) >= 11 is 0. The second kappa shape index (κ2) is 9.10. The molecule has 10 heteroatoms. The molecular weight excluding hydrogens is 478 g/mol. The summed E-state index contributed by atoms with van der Waals surface area (Å²) in [5, 5.41) is 0.921. The molecule has 1 N–H and O–H groups in total. The maximum Gasteiger partial charge on any atom is 0.245 e. The lowest BCUT2D eigenvalue weighted by Crippen LogP contribution is -2.43. The van der Waals surface area contributed by atoms with Crippen LogP contribution in [0.25, 0.3) is 22.0 Å². The van der Waals surface area contributed by atoms with Crippen LogP contribution in [0.5, 0.6) is 5.88 Å². The van der Waals surface area contributed by atoms with E-state index in [-0.39, 0.29) is 16.7 Å². The predicted molar refractivity (Wildman–Crippen MR) is 139 cm³/mol. The third-order valence-electron chi connectivity index (χ3n) is 7.31. The van der Waals surface area contributed by atoms with Gasteiger partial charge in [0.15, 0.2) is 0 Å². The van der Waals surface area contributed by atoms with E-state index in [2.05, 4.69) is 14.7 Å². The van der Waals surface area contributed by atoms with E-state index in [1.807, 2.05) is 44.2 Å². The number of aromatic nitrogens is 2. The Morgan fingerprint density at radius 3 is 2.58 bits per heavy atom. The maximum absolute atomic E-state index is 13.1. The molecule has 1 aliphatic heterocycles. The fourth-order valence-corrected chi connectivity index (χ4v) is 6.04. The molecule has 1 aromatic carbocycles. The van der Waals surface area contributed by atoms with E-state index in [9.17, 15) is 13.2 Å². The summed E-state index contributed by atoms with van der Waals surface area (Å²) in [5.74, 6) is 0.208. The summed E-state index contributed by atoms with van der Waals surface area (Å²) in [6.07, 6.45) is 6.84. The van der Waals surface area contributed by atoms with E-state index in [0.717, 1.165) is 59.9 Å². The highest BCUT2D eigenvalue weighted by atomic mass is 32.2. The lowest BCUT2D eigenvalue weighted by Gasteiger charge is -2.37. The molecule has 1 fully saturated rings. The Morgan fingerprint density at radius 1 is 1.14 bits per heavy atom. The van der Waals surface area contributed by atoms with Crippen molar-refractivity contribution in [1.29, 1.82) is 0 Å². The number of pyridine rings is 2. The molecule has 1 amide bonds. The SMILES string of the molecule is CNS(=O)(=O)c1cc(-c2ccc3ncc4c(c3c2)C2(CCC2)C(=O)N4C)cnc1OCCCN(C)C. The van der Waals surface area contributed by atoms with Crippen LogP contribution in [0.4, 0.5) is 5.69 Å². The highest BCUT2D eigenvalue weighted by molar-refractivity contribution is 7.89. The van der Waals surface area contributed by atoms with Gasteiger partial charge in [-0.05, 0) is 64.2 Å². The van der Waals surface area contributed by atoms with Gasteiger partial charge >= 0.3 is 0 Å². The smallest absolute Gasteiger partial charge is 0.245 e. The van der Waals surface area contributed by atoms with Gasteiger partial charge in [0.05, 0.1) is 29.4 Å². The summed E-state index contributed by atoms with van der Waals surface area (Å²) < 4.78 is 33.8. The Kier molecular flexibility index (Phi) is 6.22. The monoisotopic (exact) mass is 509 g/mol. The van der Waals surface area contributed by atoms with Crippen LogP contribution in [-0.4, -0.2) is 70.5 Å². The largest absolute Gasteiger partial charge is 0.477 e. The third kappa shape index (κ3) is 3.93. The molecule has 1 aliphatic carbocycles. The molecule has 3 heterocycles. The van der Waals surface area contributed by atoms with E-state index < -0.39 is 15.4 Å². The van der Waals surface area contributed by atoms with Crippen molar-refractivity contribution in [3.05, 3.63) is 42.2 Å². The highest BCUT2D eigenvalue weighted by Crippen LogP contribution is 2.55. The molecule has 5 rings (SSSR count). The number of carbonyl (C=O) groups excluding carboxylic acids is 1. The Hall–Kier alpha value is -3.08. The van der Waals surface area contributed by atoms with E-state index in [1.54, 1.807) is 23.4 Å². The van der Waals surface area contributed by atoms with Crippen molar-refractivity contribution < 1.29 is 17.9 Å². The third-order valence-corrected chi connectivity index (χ3v) is 8.72. The van der Waals surface area contributed by atoms with E-state index in [1.165, 1.54) is 7.05 Å². The average Bonchev–Trinajstić information content (AvgIpc) is 3.08. The Balaban J connectivity index is 1.58. The van der Waals surface area contributed by atoms with Crippen LogP contribution in [0.3, 0.4) is 0 Å². The molecule has 0 atom stereocenters. The molecular formula is C26H31N5O4S. The summed E-state index contributed by atoms with van der Waals surface area (Å²) in [4.78, 5) is 25.9. The first-order valence-corrected chi connectivity index (χ1v) is 13.6. The summed E-state index contributed by atoms with van der Waals surface area (Å²) in [6, 6.07) is 7.41. The van der Waals surface area contributed by atoms with Crippen molar-refractivity contribution >= 4 is 32.5 Å². The standard InChI is InChI=1S/C26H31N5O4S/c1-27-36(33,34)22-14-18(15-29-24(22)35-12-6-11-30(2)3)17-7-8-20-19(13-17)23-21(16-28-20)31(4)25(32)26(23)9-5-10-26/h7-8,13-16,27H,5-6,9-12H2,1-4H3. The number of nitrogens with zero attached hydrogens (tertiary/aromatic N) is 4. The number of anilines is 1. The zero-order chi connectivity index (χ0) is 25.7. The number of nitrogens with one attached hydrogen (secondary N) is 1. The van der Waals surface area contributed by atoms with Gasteiger partial charge in [0.25, 0.3) is 0 Å². The minimum atomic E-state index is -3.80. The van der Waals surface area contributed by atoms with E-state index in [4.69, 9.17) is 4.74 Å². The number of sulfonamides is 1. The van der Waals surface area contributed by atoms with Gasteiger partial charge in [-0.2, -0.15) is 0 Å². The van der Waals surface area contributed by atoms with Crippen LogP contribution in [0, 0.1) is 0 Å². The lowest BCUT2D eigenvalue weighted by molar-refractivity contribution is -0.125. The number of amides is 1. The van der Waals surface area contributed by atoms with Crippen molar-refractivity contribution in [1.82, 2.24) is 19.6 Å². The van der Waals surface area contributed by atoms with Crippen LogP contribution < -0.4 is 14.4 Å². The fraction of sp³-hybridized carbons (Fsp3) is 0.423. The number of hydrogen-bond acceptors (Lipinski definition) is 7. The van der Waals surface area contributed by atoms with Crippen LogP contribution in [0.1, 0.15) is 31.2 Å². The van der Waals surface area contributed by atoms with Gasteiger partial charge in [0.1, 0.15) is 4.90 Å². The van der Waals surface area contributed by atoms with E-state index in [0.29, 0.717) is 12.2 Å². The molecule has 0 radical (unpaired) electrons. The fourth-order valence-electron chi connectivity index (χ4n) is 5.20. The normalized spacial score (nSPS) is 16.6. The minimum Gasteiger partial charge on any atom is -0.477 e. The van der Waals surface area contributed by atoms with Gasteiger partial charge in [-0.15, -0.1) is 0 Å². The number of ether oxygens (including phenoxy) is 1. The van der Waals surface area contributed by atoms with Gasteiger partial charge in [0.2, 0.25) is 21.8 Å². The molecule has 3 aromatic rings. The quantitative estimate of drug-likeness (QED) is 0.466. The second-order valence-corrected chi connectivity index (χ2v) is 11.6. The second-order valence-electron chi connectivity index (χ2n) is 9.79. The average molecular weight is 510 g/mol. The first kappa shape index (κ1) is 24.6. The molecule has 1 saturated carbocycles. The van der Waals surface area contributed by atoms with Gasteiger partial charge in [-0.1, -0.05) is 12.5 Å². The summed E-state index contributed by atoms with van der Waals surface area (Å²) in [7, 11) is 3.31. The van der Waals surface area contributed by atoms with Gasteiger partial charge in [0, 0.05) is 36.3 Å². The Morgan fingerprint density at radius 2 is 1.92 bits per heavy atom. The van der Waals surface area contributed by atoms with Crippen LogP contribution in [0.2, 0.25) is 0 Å². The number of hydrogen-bond donors (Lipinski definition) is 1. The van der Waals surface area contributed by atoms with Crippen LogP contribution >= 0.6 is 0 Å². The number of likely N-dealkylation sites (N-methyl/N-ethyl adjacent to an activating group) is 1.